The number of halogens is 2. The maximum atomic E-state index is 11.4. The Bertz CT molecular complexity index is 282. The SMILES string of the molecule is CC(CBr)C(=O)OCCCCCCCCCCC[Si](C)(C)Cl. The van der Waals surface area contributed by atoms with Gasteiger partial charge in [-0.05, 0) is 12.5 Å². The van der Waals surface area contributed by atoms with E-state index in [-0.39, 0.29) is 11.9 Å². The molecule has 0 bridgehead atoms. The molecular weight excluding hydrogens is 380 g/mol. The highest BCUT2D eigenvalue weighted by molar-refractivity contribution is 9.09. The summed E-state index contributed by atoms with van der Waals surface area (Å²) in [4.78, 5) is 11.4. The van der Waals surface area contributed by atoms with Crippen molar-refractivity contribution >= 4 is 40.4 Å². The van der Waals surface area contributed by atoms with Crippen molar-refractivity contribution in [3.05, 3.63) is 0 Å². The zero-order valence-electron chi connectivity index (χ0n) is 14.6. The Morgan fingerprint density at radius 1 is 1.00 bits per heavy atom. The average Bonchev–Trinajstić information content (AvgIpc) is 2.46. The molecule has 1 unspecified atom stereocenters. The van der Waals surface area contributed by atoms with Crippen LogP contribution < -0.4 is 0 Å². The second-order valence-corrected chi connectivity index (χ2v) is 14.5. The van der Waals surface area contributed by atoms with Crippen LogP contribution in [0.3, 0.4) is 0 Å². The summed E-state index contributed by atoms with van der Waals surface area (Å²) >= 11 is 9.60. The third-order valence-electron chi connectivity index (χ3n) is 3.79. The lowest BCUT2D eigenvalue weighted by molar-refractivity contribution is -0.147. The Hall–Kier alpha value is 0.457. The summed E-state index contributed by atoms with van der Waals surface area (Å²) in [6.07, 6.45) is 11.4. The molecule has 0 fully saturated rings. The van der Waals surface area contributed by atoms with Crippen LogP contribution in [-0.2, 0) is 9.53 Å². The number of carbonyl (C=O) groups excluding carboxylic acids is 1. The molecule has 0 saturated carbocycles. The predicted octanol–water partition coefficient (Wildman–Crippen LogP) is 6.52. The second kappa shape index (κ2) is 13.9. The van der Waals surface area contributed by atoms with Crippen LogP contribution in [0.4, 0.5) is 0 Å². The number of unbranched alkanes of at least 4 members (excludes halogenated alkanes) is 8. The van der Waals surface area contributed by atoms with Gasteiger partial charge in [-0.25, -0.2) is 0 Å². The molecule has 0 aliphatic carbocycles. The smallest absolute Gasteiger partial charge is 0.309 e. The van der Waals surface area contributed by atoms with E-state index in [1.54, 1.807) is 0 Å². The molecule has 1 atom stereocenters. The van der Waals surface area contributed by atoms with E-state index in [0.29, 0.717) is 11.9 Å². The first-order chi connectivity index (χ1) is 10.4. The molecule has 0 aliphatic rings. The van der Waals surface area contributed by atoms with Crippen LogP contribution in [0.5, 0.6) is 0 Å². The summed E-state index contributed by atoms with van der Waals surface area (Å²) in [5.74, 6) is -0.118. The molecule has 22 heavy (non-hydrogen) atoms. The third-order valence-corrected chi connectivity index (χ3v) is 6.87. The van der Waals surface area contributed by atoms with E-state index in [1.807, 2.05) is 6.92 Å². The van der Waals surface area contributed by atoms with Gasteiger partial charge in [0.05, 0.1) is 12.5 Å². The van der Waals surface area contributed by atoms with Crippen molar-refractivity contribution in [2.75, 3.05) is 11.9 Å². The summed E-state index contributed by atoms with van der Waals surface area (Å²) in [5.41, 5.74) is 0. The topological polar surface area (TPSA) is 26.3 Å². The minimum Gasteiger partial charge on any atom is -0.465 e. The van der Waals surface area contributed by atoms with E-state index >= 15 is 0 Å². The van der Waals surface area contributed by atoms with E-state index in [9.17, 15) is 4.79 Å². The molecule has 0 spiro atoms. The summed E-state index contributed by atoms with van der Waals surface area (Å²) < 4.78 is 5.22. The first kappa shape index (κ1) is 22.5. The van der Waals surface area contributed by atoms with E-state index in [0.717, 1.165) is 6.42 Å². The van der Waals surface area contributed by atoms with Crippen LogP contribution in [0.1, 0.15) is 64.7 Å². The average molecular weight is 414 g/mol. The zero-order valence-corrected chi connectivity index (χ0v) is 18.0. The van der Waals surface area contributed by atoms with Crippen molar-refractivity contribution in [2.45, 2.75) is 83.8 Å². The van der Waals surface area contributed by atoms with E-state index < -0.39 is 7.38 Å². The molecule has 2 nitrogen and oxygen atoms in total. The second-order valence-electron chi connectivity index (χ2n) is 6.87. The Morgan fingerprint density at radius 2 is 1.45 bits per heavy atom. The van der Waals surface area contributed by atoms with Gasteiger partial charge in [0.25, 0.3) is 0 Å². The van der Waals surface area contributed by atoms with Crippen molar-refractivity contribution in [3.8, 4) is 0 Å². The number of carbonyl (C=O) groups is 1. The Kier molecular flexibility index (Phi) is 14.1. The summed E-state index contributed by atoms with van der Waals surface area (Å²) in [5, 5.41) is 0.677. The molecule has 0 aromatic heterocycles. The zero-order chi connectivity index (χ0) is 16.8. The van der Waals surface area contributed by atoms with Gasteiger partial charge in [-0.3, -0.25) is 4.79 Å². The van der Waals surface area contributed by atoms with Gasteiger partial charge in [0.15, 0.2) is 0 Å². The molecule has 0 aliphatic heterocycles. The predicted molar refractivity (Wildman–Crippen MR) is 104 cm³/mol. The first-order valence-electron chi connectivity index (χ1n) is 8.78. The van der Waals surface area contributed by atoms with Crippen molar-refractivity contribution in [2.24, 2.45) is 5.92 Å². The Labute approximate surface area is 151 Å². The lowest BCUT2D eigenvalue weighted by Crippen LogP contribution is -2.16. The maximum Gasteiger partial charge on any atom is 0.309 e. The van der Waals surface area contributed by atoms with E-state index in [1.165, 1.54) is 57.4 Å². The molecule has 0 aromatic carbocycles. The van der Waals surface area contributed by atoms with Crippen molar-refractivity contribution in [3.63, 3.8) is 0 Å². The van der Waals surface area contributed by atoms with Crippen LogP contribution in [0, 0.1) is 5.92 Å². The van der Waals surface area contributed by atoms with Crippen molar-refractivity contribution < 1.29 is 9.53 Å². The number of esters is 1. The van der Waals surface area contributed by atoms with Gasteiger partial charge in [0, 0.05) is 5.33 Å². The highest BCUT2D eigenvalue weighted by Gasteiger charge is 2.15. The van der Waals surface area contributed by atoms with Crippen LogP contribution in [0.15, 0.2) is 0 Å². The summed E-state index contributed by atoms with van der Waals surface area (Å²) in [7, 11) is -1.34. The number of hydrogen-bond acceptors (Lipinski definition) is 2. The minimum atomic E-state index is -1.34. The fourth-order valence-electron chi connectivity index (χ4n) is 2.26. The normalized spacial score (nSPS) is 13.1. The molecule has 0 amide bonds. The lowest BCUT2D eigenvalue weighted by Gasteiger charge is -2.11. The summed E-state index contributed by atoms with van der Waals surface area (Å²) in [6.45, 7) is 6.92. The largest absolute Gasteiger partial charge is 0.465 e. The van der Waals surface area contributed by atoms with Crippen LogP contribution in [-0.4, -0.2) is 25.3 Å². The van der Waals surface area contributed by atoms with Crippen molar-refractivity contribution in [1.29, 1.82) is 0 Å². The Morgan fingerprint density at radius 3 is 1.91 bits per heavy atom. The highest BCUT2D eigenvalue weighted by atomic mass is 79.9. The van der Waals surface area contributed by atoms with Gasteiger partial charge in [0.1, 0.15) is 7.38 Å². The molecule has 5 heteroatoms. The first-order valence-corrected chi connectivity index (χ1v) is 14.1. The van der Waals surface area contributed by atoms with Gasteiger partial charge in [0.2, 0.25) is 0 Å². The van der Waals surface area contributed by atoms with Crippen LogP contribution in [0.2, 0.25) is 19.1 Å². The van der Waals surface area contributed by atoms with Gasteiger partial charge in [-0.2, -0.15) is 11.1 Å². The van der Waals surface area contributed by atoms with Gasteiger partial charge < -0.3 is 4.74 Å². The lowest BCUT2D eigenvalue weighted by atomic mass is 10.1. The molecule has 0 radical (unpaired) electrons. The molecule has 0 aromatic rings. The molecule has 132 valence electrons. The van der Waals surface area contributed by atoms with E-state index in [2.05, 4.69) is 29.0 Å². The molecular formula is C17H34BrClO2Si. The molecule has 0 saturated heterocycles. The van der Waals surface area contributed by atoms with E-state index in [4.69, 9.17) is 15.8 Å². The van der Waals surface area contributed by atoms with Gasteiger partial charge >= 0.3 is 5.97 Å². The number of hydrogen-bond donors (Lipinski definition) is 0. The molecule has 0 rings (SSSR count). The fourth-order valence-corrected chi connectivity index (χ4v) is 4.02. The maximum absolute atomic E-state index is 11.4. The highest BCUT2D eigenvalue weighted by Crippen LogP contribution is 2.19. The minimum absolute atomic E-state index is 0.0351. The standard InChI is InChI=1S/C17H34BrClO2Si/c1-16(15-18)17(20)21-13-11-9-7-5-4-6-8-10-12-14-22(2,3)19/h16H,4-15H2,1-3H3. The summed E-state index contributed by atoms with van der Waals surface area (Å²) in [6, 6.07) is 1.25. The van der Waals surface area contributed by atoms with Gasteiger partial charge in [-0.15, -0.1) is 0 Å². The van der Waals surface area contributed by atoms with Crippen molar-refractivity contribution in [1.82, 2.24) is 0 Å². The fraction of sp³-hybridized carbons (Fsp3) is 0.941. The third kappa shape index (κ3) is 15.4. The van der Waals surface area contributed by atoms with Crippen LogP contribution in [0.25, 0.3) is 0 Å². The number of rotatable bonds is 14. The molecule has 0 heterocycles. The quantitative estimate of drug-likeness (QED) is 0.107. The van der Waals surface area contributed by atoms with Gasteiger partial charge in [-0.1, -0.05) is 87.3 Å². The Balaban J connectivity index is 3.20. The monoisotopic (exact) mass is 412 g/mol. The van der Waals surface area contributed by atoms with Crippen LogP contribution >= 0.6 is 27.0 Å². The number of ether oxygens (including phenoxy) is 1. The number of alkyl halides is 1. The molecule has 0 N–H and O–H groups in total.